The van der Waals surface area contributed by atoms with Gasteiger partial charge in [-0.25, -0.2) is 0 Å². The minimum Gasteiger partial charge on any atom is -0.510 e. The van der Waals surface area contributed by atoms with Crippen LogP contribution in [0.4, 0.5) is 0 Å². The van der Waals surface area contributed by atoms with E-state index < -0.39 is 0 Å². The van der Waals surface area contributed by atoms with Crippen LogP contribution in [-0.4, -0.2) is 35.2 Å². The Morgan fingerprint density at radius 1 is 1.06 bits per heavy atom. The summed E-state index contributed by atoms with van der Waals surface area (Å²) in [6, 6.07) is 20.9. The molecule has 3 rings (SSSR count). The molecule has 0 fully saturated rings. The number of benzene rings is 2. The maximum Gasteiger partial charge on any atom is 0.119 e. The second-order valence-corrected chi connectivity index (χ2v) is 8.25. The van der Waals surface area contributed by atoms with Crippen molar-refractivity contribution in [3.05, 3.63) is 84.3 Å². The number of aliphatic hydroxyl groups is 1. The molecule has 0 radical (unpaired) electrons. The third-order valence-electron chi connectivity index (χ3n) is 5.25. The molecule has 0 saturated carbocycles. The molecule has 2 aromatic carbocycles. The normalized spacial score (nSPS) is 12.0. The molecule has 0 spiro atoms. The zero-order chi connectivity index (χ0) is 22.2. The second-order valence-electron chi connectivity index (χ2n) is 7.37. The molecule has 0 aliphatic rings. The number of nitrogens with zero attached hydrogens (tertiary/aromatic N) is 1. The summed E-state index contributed by atoms with van der Waals surface area (Å²) in [5, 5.41) is 9.67. The summed E-state index contributed by atoms with van der Waals surface area (Å²) < 4.78 is 13.8. The highest BCUT2D eigenvalue weighted by atomic mass is 32.2. The summed E-state index contributed by atoms with van der Waals surface area (Å²) in [5.41, 5.74) is 4.70. The summed E-state index contributed by atoms with van der Waals surface area (Å²) in [6.45, 7) is 9.52. The molecule has 1 N–H and O–H groups in total. The first-order valence-electron chi connectivity index (χ1n) is 10.5. The number of hydrogen-bond acceptors (Lipinski definition) is 4. The van der Waals surface area contributed by atoms with E-state index in [1.165, 1.54) is 21.8 Å². The molecule has 0 amide bonds. The van der Waals surface area contributed by atoms with Crippen molar-refractivity contribution in [2.75, 3.05) is 19.5 Å². The lowest BCUT2D eigenvalue weighted by atomic mass is 10.1. The van der Waals surface area contributed by atoms with Gasteiger partial charge in [0.05, 0.1) is 6.54 Å². The van der Waals surface area contributed by atoms with Gasteiger partial charge in [-0.3, -0.25) is 0 Å². The predicted molar refractivity (Wildman–Crippen MR) is 129 cm³/mol. The third-order valence-corrected chi connectivity index (χ3v) is 6.00. The summed E-state index contributed by atoms with van der Waals surface area (Å²) in [4.78, 5) is 1.27. The van der Waals surface area contributed by atoms with Crippen LogP contribution in [0.5, 0.6) is 5.75 Å². The Balaban J connectivity index is 1.59. The summed E-state index contributed by atoms with van der Waals surface area (Å²) in [5.74, 6) is 0.887. The maximum absolute atomic E-state index is 9.67. The molecule has 4 nitrogen and oxygen atoms in total. The number of aryl methyl sites for hydroxylation is 1. The summed E-state index contributed by atoms with van der Waals surface area (Å²) in [6.07, 6.45) is 2.30. The van der Waals surface area contributed by atoms with Crippen LogP contribution in [0.3, 0.4) is 0 Å². The Hall–Kier alpha value is -2.63. The van der Waals surface area contributed by atoms with Crippen LogP contribution in [0.15, 0.2) is 77.9 Å². The van der Waals surface area contributed by atoms with Crippen molar-refractivity contribution >= 4 is 11.8 Å². The Bertz CT molecular complexity index is 977. The van der Waals surface area contributed by atoms with Gasteiger partial charge in [-0.1, -0.05) is 30.8 Å². The monoisotopic (exact) mass is 437 g/mol. The molecular weight excluding hydrogens is 406 g/mol. The topological polar surface area (TPSA) is 43.6 Å². The average molecular weight is 438 g/mol. The number of aliphatic hydroxyl groups excluding tert-OH is 1. The smallest absolute Gasteiger partial charge is 0.119 e. The van der Waals surface area contributed by atoms with Gasteiger partial charge >= 0.3 is 0 Å². The van der Waals surface area contributed by atoms with Crippen molar-refractivity contribution in [3.8, 4) is 17.0 Å². The molecule has 1 aromatic heterocycles. The minimum absolute atomic E-state index is 0.0585. The van der Waals surface area contributed by atoms with Crippen molar-refractivity contribution in [2.45, 2.75) is 37.8 Å². The highest BCUT2D eigenvalue weighted by molar-refractivity contribution is 7.98. The fourth-order valence-electron chi connectivity index (χ4n) is 3.54. The first-order valence-corrected chi connectivity index (χ1v) is 11.8. The lowest BCUT2D eigenvalue weighted by molar-refractivity contribution is 0.0590. The Kier molecular flexibility index (Phi) is 8.27. The van der Waals surface area contributed by atoms with Crippen molar-refractivity contribution in [1.82, 2.24) is 4.57 Å². The second kappa shape index (κ2) is 11.1. The molecule has 164 valence electrons. The lowest BCUT2D eigenvalue weighted by Crippen LogP contribution is -2.18. The molecular formula is C26H31NO3S. The van der Waals surface area contributed by atoms with Crippen molar-refractivity contribution in [1.29, 1.82) is 0 Å². The van der Waals surface area contributed by atoms with Gasteiger partial charge in [-0.15, -0.1) is 11.8 Å². The Labute approximate surface area is 189 Å². The fraction of sp³-hybridized carbons (Fsp3) is 0.308. The Morgan fingerprint density at radius 3 is 2.39 bits per heavy atom. The van der Waals surface area contributed by atoms with E-state index in [1.807, 2.05) is 31.2 Å². The van der Waals surface area contributed by atoms with Gasteiger partial charge in [-0.2, -0.15) is 0 Å². The van der Waals surface area contributed by atoms with Gasteiger partial charge in [0.25, 0.3) is 0 Å². The fourth-order valence-corrected chi connectivity index (χ4v) is 3.95. The van der Waals surface area contributed by atoms with E-state index in [9.17, 15) is 5.11 Å². The van der Waals surface area contributed by atoms with Crippen molar-refractivity contribution in [3.63, 3.8) is 0 Å². The number of thioether (sulfide) groups is 1. The van der Waals surface area contributed by atoms with E-state index in [4.69, 9.17) is 9.47 Å². The molecule has 0 unspecified atom stereocenters. The van der Waals surface area contributed by atoms with Crippen LogP contribution >= 0.6 is 11.8 Å². The van der Waals surface area contributed by atoms with E-state index in [0.29, 0.717) is 19.6 Å². The quantitative estimate of drug-likeness (QED) is 0.283. The van der Waals surface area contributed by atoms with Gasteiger partial charge < -0.3 is 19.1 Å². The Morgan fingerprint density at radius 2 is 1.77 bits per heavy atom. The third kappa shape index (κ3) is 6.18. The van der Waals surface area contributed by atoms with Gasteiger partial charge in [0.1, 0.15) is 24.2 Å². The van der Waals surface area contributed by atoms with Gasteiger partial charge in [0.2, 0.25) is 0 Å². The molecule has 0 saturated heterocycles. The molecule has 1 heterocycles. The van der Waals surface area contributed by atoms with E-state index >= 15 is 0 Å². The zero-order valence-corrected chi connectivity index (χ0v) is 19.3. The van der Waals surface area contributed by atoms with Crippen LogP contribution in [0, 0.1) is 6.92 Å². The van der Waals surface area contributed by atoms with E-state index in [-0.39, 0.29) is 11.9 Å². The van der Waals surface area contributed by atoms with E-state index in [0.717, 1.165) is 17.9 Å². The first kappa shape index (κ1) is 23.0. The molecule has 0 aliphatic carbocycles. The number of hydrogen-bond donors (Lipinski definition) is 1. The number of rotatable bonds is 11. The lowest BCUT2D eigenvalue weighted by Gasteiger charge is -2.16. The van der Waals surface area contributed by atoms with Crippen LogP contribution in [0.1, 0.15) is 18.2 Å². The van der Waals surface area contributed by atoms with E-state index in [2.05, 4.69) is 60.7 Å². The SMILES string of the molecule is C=C(O)[C@H](Cc1ccc(OCCn2c(C)ccc2-c2ccc(SC)cc2)cc1)OCC. The average Bonchev–Trinajstić information content (AvgIpc) is 3.15. The maximum atomic E-state index is 9.67. The number of ether oxygens (including phenoxy) is 2. The van der Waals surface area contributed by atoms with Crippen LogP contribution < -0.4 is 4.74 Å². The summed E-state index contributed by atoms with van der Waals surface area (Å²) >= 11 is 1.75. The summed E-state index contributed by atoms with van der Waals surface area (Å²) in [7, 11) is 0. The standard InChI is InChI=1S/C26H31NO3S/c1-5-29-26(20(3)28)18-21-7-11-23(12-8-21)30-17-16-27-19(2)6-15-25(27)22-9-13-24(31-4)14-10-22/h6-15,26,28H,3,5,16-18H2,1-2,4H3/t26-/m0/s1. The molecule has 3 aromatic rings. The molecule has 31 heavy (non-hydrogen) atoms. The van der Waals surface area contributed by atoms with Crippen LogP contribution in [-0.2, 0) is 17.7 Å². The minimum atomic E-state index is -0.378. The van der Waals surface area contributed by atoms with E-state index in [1.54, 1.807) is 11.8 Å². The van der Waals surface area contributed by atoms with Crippen LogP contribution in [0.2, 0.25) is 0 Å². The predicted octanol–water partition coefficient (Wildman–Crippen LogP) is 6.28. The van der Waals surface area contributed by atoms with Gasteiger partial charge in [-0.05, 0) is 67.6 Å². The molecule has 1 atom stereocenters. The van der Waals surface area contributed by atoms with Crippen LogP contribution in [0.25, 0.3) is 11.3 Å². The molecule has 5 heteroatoms. The van der Waals surface area contributed by atoms with Crippen molar-refractivity contribution < 1.29 is 14.6 Å². The molecule has 0 bridgehead atoms. The largest absolute Gasteiger partial charge is 0.510 e. The van der Waals surface area contributed by atoms with Gasteiger partial charge in [0.15, 0.2) is 0 Å². The zero-order valence-electron chi connectivity index (χ0n) is 18.5. The van der Waals surface area contributed by atoms with Gasteiger partial charge in [0, 0.05) is 29.3 Å². The highest BCUT2D eigenvalue weighted by Gasteiger charge is 2.13. The van der Waals surface area contributed by atoms with Crippen molar-refractivity contribution in [2.24, 2.45) is 0 Å². The highest BCUT2D eigenvalue weighted by Crippen LogP contribution is 2.25. The molecule has 0 aliphatic heterocycles. The number of aromatic nitrogens is 1. The first-order chi connectivity index (χ1) is 15.0.